The van der Waals surface area contributed by atoms with Crippen LogP contribution < -0.4 is 0 Å². The molecule has 0 aromatic rings. The van der Waals surface area contributed by atoms with E-state index < -0.39 is 11.5 Å². The Hall–Kier alpha value is -0.830. The van der Waals surface area contributed by atoms with Crippen LogP contribution in [0.3, 0.4) is 0 Å². The molecule has 0 heterocycles. The van der Waals surface area contributed by atoms with Gasteiger partial charge in [0, 0.05) is 0 Å². The molecule has 3 nitrogen and oxygen atoms in total. The van der Waals surface area contributed by atoms with Crippen molar-refractivity contribution in [3.63, 3.8) is 0 Å². The molecule has 2 atom stereocenters. The van der Waals surface area contributed by atoms with Crippen molar-refractivity contribution in [2.45, 2.75) is 38.7 Å². The minimum absolute atomic E-state index is 0.273. The number of carbonyl (C=O) groups is 1. The third-order valence-electron chi connectivity index (χ3n) is 2.93. The summed E-state index contributed by atoms with van der Waals surface area (Å²) in [5, 5.41) is 9.82. The molecule has 1 rings (SSSR count). The lowest BCUT2D eigenvalue weighted by Crippen LogP contribution is -2.39. The Bertz CT molecular complexity index is 225. The second-order valence-electron chi connectivity index (χ2n) is 3.78. The van der Waals surface area contributed by atoms with E-state index in [1.54, 1.807) is 13.0 Å². The molecule has 3 heteroatoms. The Balaban J connectivity index is 2.80. The molecule has 80 valence electrons. The molecule has 1 saturated carbocycles. The number of hydrogen-bond acceptors (Lipinski definition) is 3. The van der Waals surface area contributed by atoms with Crippen molar-refractivity contribution >= 4 is 5.97 Å². The van der Waals surface area contributed by atoms with Crippen molar-refractivity contribution in [1.29, 1.82) is 0 Å². The molecule has 0 bridgehead atoms. The summed E-state index contributed by atoms with van der Waals surface area (Å²) in [5.74, 6) is -0.273. The minimum Gasteiger partial charge on any atom is -0.465 e. The van der Waals surface area contributed by atoms with E-state index in [1.165, 1.54) is 0 Å². The third-order valence-corrected chi connectivity index (χ3v) is 2.93. The second kappa shape index (κ2) is 4.60. The van der Waals surface area contributed by atoms with E-state index in [9.17, 15) is 9.90 Å². The van der Waals surface area contributed by atoms with Gasteiger partial charge < -0.3 is 9.84 Å². The summed E-state index contributed by atoms with van der Waals surface area (Å²) in [5.41, 5.74) is -0.711. The first kappa shape index (κ1) is 11.2. The smallest absolute Gasteiger partial charge is 0.315 e. The Morgan fingerprint density at radius 1 is 1.79 bits per heavy atom. The molecule has 1 fully saturated rings. The fraction of sp³-hybridized carbons (Fsp3) is 0.727. The average molecular weight is 198 g/mol. The third kappa shape index (κ3) is 1.82. The molecule has 1 N–H and O–H groups in total. The predicted octanol–water partition coefficient (Wildman–Crippen LogP) is 1.66. The van der Waals surface area contributed by atoms with Gasteiger partial charge in [0.15, 0.2) is 0 Å². The molecule has 0 radical (unpaired) electrons. The van der Waals surface area contributed by atoms with Crippen LogP contribution in [0.15, 0.2) is 12.7 Å². The van der Waals surface area contributed by atoms with Gasteiger partial charge in [-0.3, -0.25) is 4.79 Å². The minimum atomic E-state index is -0.711. The molecule has 0 saturated heterocycles. The van der Waals surface area contributed by atoms with Gasteiger partial charge in [-0.25, -0.2) is 0 Å². The highest BCUT2D eigenvalue weighted by molar-refractivity contribution is 5.78. The molecule has 0 aromatic carbocycles. The number of rotatable bonds is 4. The summed E-state index contributed by atoms with van der Waals surface area (Å²) in [4.78, 5) is 11.7. The van der Waals surface area contributed by atoms with Gasteiger partial charge in [0.1, 0.15) is 0 Å². The van der Waals surface area contributed by atoms with Crippen LogP contribution in [0.1, 0.15) is 32.6 Å². The molecule has 0 unspecified atom stereocenters. The predicted molar refractivity (Wildman–Crippen MR) is 53.7 cm³/mol. The maximum absolute atomic E-state index is 11.7. The highest BCUT2D eigenvalue weighted by atomic mass is 16.5. The summed E-state index contributed by atoms with van der Waals surface area (Å²) in [7, 11) is 0. The summed E-state index contributed by atoms with van der Waals surface area (Å²) >= 11 is 0. The number of ether oxygens (including phenoxy) is 1. The van der Waals surface area contributed by atoms with Crippen molar-refractivity contribution in [1.82, 2.24) is 0 Å². The standard InChI is InChI=1S/C11H18O3/c1-3-7-11(10(13)14-4-2)8-5-6-9(11)12/h3,9,12H,1,4-8H2,2H3/t9-,11-/m0/s1. The summed E-state index contributed by atoms with van der Waals surface area (Å²) in [6.45, 7) is 5.77. The van der Waals surface area contributed by atoms with Gasteiger partial charge in [0.2, 0.25) is 0 Å². The number of esters is 1. The van der Waals surface area contributed by atoms with Crippen molar-refractivity contribution in [3.05, 3.63) is 12.7 Å². The lowest BCUT2D eigenvalue weighted by molar-refractivity contribution is -0.160. The normalized spacial score (nSPS) is 31.4. The number of aliphatic hydroxyl groups is 1. The van der Waals surface area contributed by atoms with Crippen LogP contribution in [0.4, 0.5) is 0 Å². The largest absolute Gasteiger partial charge is 0.465 e. The number of allylic oxidation sites excluding steroid dienone is 1. The first-order chi connectivity index (χ1) is 6.67. The van der Waals surface area contributed by atoms with Crippen LogP contribution in [0.25, 0.3) is 0 Å². The van der Waals surface area contributed by atoms with Gasteiger partial charge in [0.05, 0.1) is 18.1 Å². The number of aliphatic hydroxyl groups excluding tert-OH is 1. The zero-order chi connectivity index (χ0) is 10.6. The van der Waals surface area contributed by atoms with Gasteiger partial charge in [-0.05, 0) is 32.6 Å². The maximum atomic E-state index is 11.7. The van der Waals surface area contributed by atoms with E-state index in [0.717, 1.165) is 6.42 Å². The Morgan fingerprint density at radius 2 is 2.50 bits per heavy atom. The van der Waals surface area contributed by atoms with Crippen LogP contribution in [0.5, 0.6) is 0 Å². The zero-order valence-corrected chi connectivity index (χ0v) is 8.66. The molecule has 0 amide bonds. The quantitative estimate of drug-likeness (QED) is 0.552. The zero-order valence-electron chi connectivity index (χ0n) is 8.66. The van der Waals surface area contributed by atoms with Crippen molar-refractivity contribution < 1.29 is 14.6 Å². The molecule has 1 aliphatic rings. The SMILES string of the molecule is C=CC[C@]1(C(=O)OCC)CCC[C@@H]1O. The van der Waals surface area contributed by atoms with Gasteiger partial charge in [-0.1, -0.05) is 6.08 Å². The van der Waals surface area contributed by atoms with Crippen molar-refractivity contribution in [2.24, 2.45) is 5.41 Å². The van der Waals surface area contributed by atoms with E-state index >= 15 is 0 Å². The molecule has 0 aromatic heterocycles. The van der Waals surface area contributed by atoms with Crippen LogP contribution in [0, 0.1) is 5.41 Å². The summed E-state index contributed by atoms with van der Waals surface area (Å²) in [6.07, 6.45) is 3.90. The summed E-state index contributed by atoms with van der Waals surface area (Å²) in [6, 6.07) is 0. The highest BCUT2D eigenvalue weighted by Crippen LogP contribution is 2.42. The second-order valence-corrected chi connectivity index (χ2v) is 3.78. The lowest BCUT2D eigenvalue weighted by Gasteiger charge is -2.28. The Morgan fingerprint density at radius 3 is 2.93 bits per heavy atom. The maximum Gasteiger partial charge on any atom is 0.315 e. The first-order valence-corrected chi connectivity index (χ1v) is 5.13. The summed E-state index contributed by atoms with van der Waals surface area (Å²) < 4.78 is 5.01. The molecule has 0 spiro atoms. The Labute approximate surface area is 84.8 Å². The first-order valence-electron chi connectivity index (χ1n) is 5.13. The topological polar surface area (TPSA) is 46.5 Å². The molecule has 1 aliphatic carbocycles. The molecular formula is C11H18O3. The molecule has 0 aliphatic heterocycles. The van der Waals surface area contributed by atoms with E-state index in [-0.39, 0.29) is 5.97 Å². The highest BCUT2D eigenvalue weighted by Gasteiger charge is 2.48. The number of carbonyl (C=O) groups excluding carboxylic acids is 1. The molecular weight excluding hydrogens is 180 g/mol. The van der Waals surface area contributed by atoms with Gasteiger partial charge in [-0.15, -0.1) is 6.58 Å². The van der Waals surface area contributed by atoms with E-state index in [2.05, 4.69) is 6.58 Å². The monoisotopic (exact) mass is 198 g/mol. The average Bonchev–Trinajstić information content (AvgIpc) is 2.50. The lowest BCUT2D eigenvalue weighted by atomic mass is 9.81. The van der Waals surface area contributed by atoms with Crippen LogP contribution >= 0.6 is 0 Å². The Kier molecular flexibility index (Phi) is 3.69. The number of hydrogen-bond donors (Lipinski definition) is 1. The van der Waals surface area contributed by atoms with Crippen molar-refractivity contribution in [3.8, 4) is 0 Å². The van der Waals surface area contributed by atoms with Crippen molar-refractivity contribution in [2.75, 3.05) is 6.61 Å². The van der Waals surface area contributed by atoms with E-state index in [1.807, 2.05) is 0 Å². The fourth-order valence-corrected chi connectivity index (χ4v) is 2.15. The fourth-order valence-electron chi connectivity index (χ4n) is 2.15. The van der Waals surface area contributed by atoms with Crippen LogP contribution in [0.2, 0.25) is 0 Å². The van der Waals surface area contributed by atoms with Gasteiger partial charge >= 0.3 is 5.97 Å². The van der Waals surface area contributed by atoms with E-state index in [4.69, 9.17) is 4.74 Å². The van der Waals surface area contributed by atoms with E-state index in [0.29, 0.717) is 25.9 Å². The molecule has 14 heavy (non-hydrogen) atoms. The van der Waals surface area contributed by atoms with Crippen LogP contribution in [-0.2, 0) is 9.53 Å². The van der Waals surface area contributed by atoms with Gasteiger partial charge in [0.25, 0.3) is 0 Å². The van der Waals surface area contributed by atoms with Gasteiger partial charge in [-0.2, -0.15) is 0 Å². The van der Waals surface area contributed by atoms with Crippen LogP contribution in [-0.4, -0.2) is 23.8 Å².